The first-order valence-electron chi connectivity index (χ1n) is 9.08. The fourth-order valence-electron chi connectivity index (χ4n) is 3.52. The second kappa shape index (κ2) is 8.32. The number of piperidine rings is 1. The van der Waals surface area contributed by atoms with Crippen LogP contribution in [0.5, 0.6) is 0 Å². The van der Waals surface area contributed by atoms with Crippen LogP contribution in [0.3, 0.4) is 0 Å². The third-order valence-electron chi connectivity index (χ3n) is 4.71. The van der Waals surface area contributed by atoms with Gasteiger partial charge in [0.2, 0.25) is 0 Å². The van der Waals surface area contributed by atoms with E-state index in [-0.39, 0.29) is 11.8 Å². The Morgan fingerprint density at radius 1 is 1.19 bits per heavy atom. The van der Waals surface area contributed by atoms with Crippen LogP contribution in [-0.4, -0.2) is 36.1 Å². The summed E-state index contributed by atoms with van der Waals surface area (Å²) in [4.78, 5) is 15.1. The normalized spacial score (nSPS) is 20.5. The van der Waals surface area contributed by atoms with Gasteiger partial charge in [0.25, 0.3) is 0 Å². The van der Waals surface area contributed by atoms with Gasteiger partial charge in [-0.15, -0.1) is 0 Å². The van der Waals surface area contributed by atoms with Gasteiger partial charge in [0.05, 0.1) is 6.61 Å². The minimum Gasteiger partial charge on any atom is -0.464 e. The first kappa shape index (κ1) is 18.4. The summed E-state index contributed by atoms with van der Waals surface area (Å²) in [6.07, 6.45) is 1.58. The van der Waals surface area contributed by atoms with Crippen LogP contribution in [0.4, 0.5) is 10.1 Å². The number of carbonyl (C=O) groups is 1. The minimum atomic E-state index is -0.819. The van der Waals surface area contributed by atoms with Crippen molar-refractivity contribution in [3.63, 3.8) is 0 Å². The van der Waals surface area contributed by atoms with Gasteiger partial charge in [-0.05, 0) is 56.1 Å². The van der Waals surface area contributed by atoms with Gasteiger partial charge in [-0.25, -0.2) is 9.18 Å². The molecule has 0 saturated carbocycles. The number of likely N-dealkylation sites (tertiary alicyclic amines) is 1. The molecule has 138 valence electrons. The zero-order valence-electron chi connectivity index (χ0n) is 15.1. The molecular weight excluding hydrogens is 331 g/mol. The maximum absolute atomic E-state index is 13.2. The predicted molar refractivity (Wildman–Crippen MR) is 100 cm³/mol. The Morgan fingerprint density at radius 3 is 2.62 bits per heavy atom. The number of nitrogens with one attached hydrogen (secondary N) is 1. The molecule has 1 unspecified atom stereocenters. The minimum absolute atomic E-state index is 0.248. The molecule has 1 aliphatic heterocycles. The monoisotopic (exact) mass is 356 g/mol. The highest BCUT2D eigenvalue weighted by Crippen LogP contribution is 2.28. The van der Waals surface area contributed by atoms with Crippen LogP contribution in [0, 0.1) is 5.82 Å². The molecule has 3 rings (SSSR count). The van der Waals surface area contributed by atoms with Crippen molar-refractivity contribution in [2.24, 2.45) is 0 Å². The summed E-state index contributed by atoms with van der Waals surface area (Å²) in [5.41, 5.74) is 1.12. The number of anilines is 1. The van der Waals surface area contributed by atoms with E-state index in [2.05, 4.69) is 22.3 Å². The number of carbonyl (C=O) groups excluding carboxylic acids is 1. The fourth-order valence-corrected chi connectivity index (χ4v) is 3.52. The number of esters is 1. The molecule has 2 aromatic rings. The maximum atomic E-state index is 13.2. The van der Waals surface area contributed by atoms with Gasteiger partial charge in [0.15, 0.2) is 0 Å². The lowest BCUT2D eigenvalue weighted by molar-refractivity contribution is -0.150. The zero-order valence-corrected chi connectivity index (χ0v) is 15.1. The number of nitrogens with zero attached hydrogens (tertiary/aromatic N) is 1. The summed E-state index contributed by atoms with van der Waals surface area (Å²) >= 11 is 0. The second-order valence-electron chi connectivity index (χ2n) is 6.73. The Labute approximate surface area is 154 Å². The van der Waals surface area contributed by atoms with E-state index in [4.69, 9.17) is 4.74 Å². The van der Waals surface area contributed by atoms with E-state index < -0.39 is 5.54 Å². The van der Waals surface area contributed by atoms with Gasteiger partial charge in [0.1, 0.15) is 11.4 Å². The second-order valence-corrected chi connectivity index (χ2v) is 6.73. The SMILES string of the molecule is CCOC(=O)C1(Nc2ccc(F)cc2)CCCN(Cc2ccccc2)C1. The molecule has 26 heavy (non-hydrogen) atoms. The van der Waals surface area contributed by atoms with Crippen LogP contribution >= 0.6 is 0 Å². The quantitative estimate of drug-likeness (QED) is 0.799. The van der Waals surface area contributed by atoms with Gasteiger partial charge >= 0.3 is 5.97 Å². The highest BCUT2D eigenvalue weighted by Gasteiger charge is 2.43. The van der Waals surface area contributed by atoms with E-state index >= 15 is 0 Å². The first-order chi connectivity index (χ1) is 12.6. The lowest BCUT2D eigenvalue weighted by Gasteiger charge is -2.42. The number of ether oxygens (including phenoxy) is 1. The van der Waals surface area contributed by atoms with Gasteiger partial charge < -0.3 is 10.1 Å². The van der Waals surface area contributed by atoms with Crippen LogP contribution < -0.4 is 5.32 Å². The lowest BCUT2D eigenvalue weighted by Crippen LogP contribution is -2.58. The van der Waals surface area contributed by atoms with Crippen LogP contribution in [0.15, 0.2) is 54.6 Å². The molecule has 4 nitrogen and oxygen atoms in total. The smallest absolute Gasteiger partial charge is 0.333 e. The third kappa shape index (κ3) is 4.41. The summed E-state index contributed by atoms with van der Waals surface area (Å²) in [5.74, 6) is -0.544. The summed E-state index contributed by atoms with van der Waals surface area (Å²) in [6.45, 7) is 4.42. The van der Waals surface area contributed by atoms with Crippen molar-refractivity contribution in [1.29, 1.82) is 0 Å². The van der Waals surface area contributed by atoms with E-state index in [9.17, 15) is 9.18 Å². The Kier molecular flexibility index (Phi) is 5.89. The van der Waals surface area contributed by atoms with Crippen LogP contribution in [-0.2, 0) is 16.1 Å². The number of rotatable bonds is 6. The number of halogens is 1. The molecule has 1 fully saturated rings. The molecule has 0 bridgehead atoms. The molecule has 1 aliphatic rings. The number of benzene rings is 2. The summed E-state index contributed by atoms with van der Waals surface area (Å²) in [7, 11) is 0. The Bertz CT molecular complexity index is 721. The number of hydrogen-bond acceptors (Lipinski definition) is 4. The highest BCUT2D eigenvalue weighted by molar-refractivity contribution is 5.85. The Balaban J connectivity index is 1.80. The van der Waals surface area contributed by atoms with E-state index in [1.54, 1.807) is 12.1 Å². The Morgan fingerprint density at radius 2 is 1.92 bits per heavy atom. The number of hydrogen-bond donors (Lipinski definition) is 1. The van der Waals surface area contributed by atoms with Crippen LogP contribution in [0.1, 0.15) is 25.3 Å². The molecule has 0 aliphatic carbocycles. The first-order valence-corrected chi connectivity index (χ1v) is 9.08. The summed E-state index contributed by atoms with van der Waals surface area (Å²) in [5, 5.41) is 3.34. The molecule has 0 spiro atoms. The van der Waals surface area contributed by atoms with Crippen LogP contribution in [0.2, 0.25) is 0 Å². The van der Waals surface area contributed by atoms with Crippen molar-refractivity contribution in [3.8, 4) is 0 Å². The molecule has 0 aromatic heterocycles. The van der Waals surface area contributed by atoms with Crippen molar-refractivity contribution >= 4 is 11.7 Å². The fraction of sp³-hybridized carbons (Fsp3) is 0.381. The molecule has 0 amide bonds. The highest BCUT2D eigenvalue weighted by atomic mass is 19.1. The van der Waals surface area contributed by atoms with E-state index in [0.29, 0.717) is 19.6 Å². The van der Waals surface area contributed by atoms with Crippen molar-refractivity contribution in [2.75, 3.05) is 25.0 Å². The summed E-state index contributed by atoms with van der Waals surface area (Å²) < 4.78 is 18.6. The van der Waals surface area contributed by atoms with Crippen LogP contribution in [0.25, 0.3) is 0 Å². The van der Waals surface area contributed by atoms with Crippen molar-refractivity contribution in [3.05, 3.63) is 66.0 Å². The topological polar surface area (TPSA) is 41.6 Å². The maximum Gasteiger partial charge on any atom is 0.333 e. The standard InChI is InChI=1S/C21H25FN2O2/c1-2-26-20(25)21(23-19-11-9-18(22)10-12-19)13-6-14-24(16-21)15-17-7-4-3-5-8-17/h3-5,7-12,23H,2,6,13-16H2,1H3. The third-order valence-corrected chi connectivity index (χ3v) is 4.71. The van der Waals surface area contributed by atoms with Gasteiger partial charge in [-0.2, -0.15) is 0 Å². The van der Waals surface area contributed by atoms with Gasteiger partial charge in [-0.3, -0.25) is 4.90 Å². The zero-order chi connectivity index (χ0) is 18.4. The van der Waals surface area contributed by atoms with E-state index in [1.165, 1.54) is 17.7 Å². The van der Waals surface area contributed by atoms with Crippen molar-refractivity contribution in [1.82, 2.24) is 4.90 Å². The molecular formula is C21H25FN2O2. The molecule has 1 N–H and O–H groups in total. The predicted octanol–water partition coefficient (Wildman–Crippen LogP) is 3.84. The largest absolute Gasteiger partial charge is 0.464 e. The van der Waals surface area contributed by atoms with Crippen molar-refractivity contribution in [2.45, 2.75) is 31.8 Å². The molecule has 2 aromatic carbocycles. The van der Waals surface area contributed by atoms with E-state index in [0.717, 1.165) is 25.2 Å². The molecule has 5 heteroatoms. The average molecular weight is 356 g/mol. The van der Waals surface area contributed by atoms with Gasteiger partial charge in [0, 0.05) is 18.8 Å². The molecule has 0 radical (unpaired) electrons. The van der Waals surface area contributed by atoms with E-state index in [1.807, 2.05) is 25.1 Å². The molecule has 1 heterocycles. The lowest BCUT2D eigenvalue weighted by atomic mass is 9.88. The Hall–Kier alpha value is -2.40. The van der Waals surface area contributed by atoms with Gasteiger partial charge in [-0.1, -0.05) is 30.3 Å². The summed E-state index contributed by atoms with van der Waals surface area (Å²) in [6, 6.07) is 16.3. The van der Waals surface area contributed by atoms with Crippen molar-refractivity contribution < 1.29 is 13.9 Å². The molecule has 1 saturated heterocycles. The average Bonchev–Trinajstić information content (AvgIpc) is 2.65. The molecule has 1 atom stereocenters.